The molecule has 4 unspecified atom stereocenters. The Morgan fingerprint density at radius 2 is 2.00 bits per heavy atom. The van der Waals surface area contributed by atoms with Gasteiger partial charge in [0.25, 0.3) is 0 Å². The molecule has 142 valence electrons. The van der Waals surface area contributed by atoms with E-state index in [0.29, 0.717) is 47.3 Å². The van der Waals surface area contributed by atoms with Crippen molar-refractivity contribution < 1.29 is 25.2 Å². The Balaban J connectivity index is 2.02. The second-order valence-electron chi connectivity index (χ2n) is 6.50. The number of nitrogens with zero attached hydrogens (tertiary/aromatic N) is 3. The molecule has 2 aromatic rings. The number of nitrogens with one attached hydrogen (secondary N) is 1. The van der Waals surface area contributed by atoms with Crippen LogP contribution in [0.1, 0.15) is 36.7 Å². The van der Waals surface area contributed by atoms with Crippen LogP contribution in [-0.2, 0) is 4.74 Å². The van der Waals surface area contributed by atoms with E-state index in [1.807, 2.05) is 6.92 Å². The standard InChI is InChI=1S/C17H24N4O5/c1-9-13-10(11(18)4-2-3-5-22)6-21(16(13)20-8-19-9)17-15(25)14(24)12(7-23)26-17/h6,8,12,14-15,17-18,22-25H,2-5,7H2,1H3. The van der Waals surface area contributed by atoms with Gasteiger partial charge >= 0.3 is 0 Å². The third-order valence-electron chi connectivity index (χ3n) is 4.75. The summed E-state index contributed by atoms with van der Waals surface area (Å²) in [6, 6.07) is 0. The van der Waals surface area contributed by atoms with Gasteiger partial charge in [0.05, 0.1) is 12.3 Å². The molecule has 4 atom stereocenters. The number of hydrogen-bond donors (Lipinski definition) is 5. The first-order valence-electron chi connectivity index (χ1n) is 8.62. The van der Waals surface area contributed by atoms with Crippen LogP contribution >= 0.6 is 0 Å². The lowest BCUT2D eigenvalue weighted by Crippen LogP contribution is -2.33. The van der Waals surface area contributed by atoms with Crippen LogP contribution in [0.25, 0.3) is 11.0 Å². The molecule has 0 spiro atoms. The van der Waals surface area contributed by atoms with Crippen LogP contribution in [0.2, 0.25) is 0 Å². The number of unbranched alkanes of at least 4 members (excludes halogenated alkanes) is 1. The largest absolute Gasteiger partial charge is 0.396 e. The van der Waals surface area contributed by atoms with E-state index >= 15 is 0 Å². The van der Waals surface area contributed by atoms with Crippen LogP contribution in [0.4, 0.5) is 0 Å². The fraction of sp³-hybridized carbons (Fsp3) is 0.588. The molecule has 0 saturated carbocycles. The molecule has 1 saturated heterocycles. The molecule has 1 aliphatic rings. The van der Waals surface area contributed by atoms with E-state index in [0.717, 1.165) is 0 Å². The number of ether oxygens (including phenoxy) is 1. The summed E-state index contributed by atoms with van der Waals surface area (Å²) in [6.07, 6.45) is 0.619. The highest BCUT2D eigenvalue weighted by molar-refractivity contribution is 6.09. The van der Waals surface area contributed by atoms with Crippen LogP contribution in [0, 0.1) is 12.3 Å². The molecule has 26 heavy (non-hydrogen) atoms. The van der Waals surface area contributed by atoms with Gasteiger partial charge in [-0.1, -0.05) is 0 Å². The number of aliphatic hydroxyl groups is 4. The van der Waals surface area contributed by atoms with Gasteiger partial charge in [-0.3, -0.25) is 0 Å². The average Bonchev–Trinajstić information content (AvgIpc) is 3.15. The van der Waals surface area contributed by atoms with Gasteiger partial charge < -0.3 is 35.1 Å². The Morgan fingerprint density at radius 1 is 1.23 bits per heavy atom. The molecule has 0 amide bonds. The molecule has 3 rings (SSSR count). The number of rotatable bonds is 7. The molecule has 9 nitrogen and oxygen atoms in total. The molecule has 9 heteroatoms. The van der Waals surface area contributed by atoms with Crippen molar-refractivity contribution in [1.29, 1.82) is 5.41 Å². The SMILES string of the molecule is Cc1ncnc2c1c(C(=N)CCCCO)cn2C1OC(CO)C(O)C1O. The topological polar surface area (TPSA) is 145 Å². The monoisotopic (exact) mass is 364 g/mol. The Hall–Kier alpha value is -1.91. The highest BCUT2D eigenvalue weighted by atomic mass is 16.6. The summed E-state index contributed by atoms with van der Waals surface area (Å²) in [5.41, 5.74) is 2.21. The number of aliphatic hydroxyl groups excluding tert-OH is 4. The second kappa shape index (κ2) is 7.77. The summed E-state index contributed by atoms with van der Waals surface area (Å²) in [5, 5.41) is 47.7. The molecule has 3 heterocycles. The normalized spacial score (nSPS) is 25.9. The van der Waals surface area contributed by atoms with Gasteiger partial charge in [0.1, 0.15) is 30.3 Å². The average molecular weight is 364 g/mol. The molecule has 0 radical (unpaired) electrons. The van der Waals surface area contributed by atoms with E-state index in [-0.39, 0.29) is 6.61 Å². The molecule has 1 aliphatic heterocycles. The highest BCUT2D eigenvalue weighted by Gasteiger charge is 2.44. The maximum atomic E-state index is 10.3. The third-order valence-corrected chi connectivity index (χ3v) is 4.75. The van der Waals surface area contributed by atoms with Crippen molar-refractivity contribution in [2.45, 2.75) is 50.7 Å². The number of fused-ring (bicyclic) bond motifs is 1. The van der Waals surface area contributed by atoms with Gasteiger partial charge in [-0.2, -0.15) is 0 Å². The molecule has 0 aliphatic carbocycles. The molecule has 2 aromatic heterocycles. The van der Waals surface area contributed by atoms with Crippen molar-refractivity contribution >= 4 is 16.7 Å². The lowest BCUT2D eigenvalue weighted by atomic mass is 10.0. The Bertz CT molecular complexity index is 793. The quantitative estimate of drug-likeness (QED) is 0.340. The molecular formula is C17H24N4O5. The molecule has 0 bridgehead atoms. The van der Waals surface area contributed by atoms with Crippen LogP contribution in [0.5, 0.6) is 0 Å². The maximum Gasteiger partial charge on any atom is 0.164 e. The Morgan fingerprint density at radius 3 is 2.65 bits per heavy atom. The van der Waals surface area contributed by atoms with Crippen molar-refractivity contribution in [1.82, 2.24) is 14.5 Å². The summed E-state index contributed by atoms with van der Waals surface area (Å²) in [6.45, 7) is 1.49. The van der Waals surface area contributed by atoms with Crippen molar-refractivity contribution in [2.75, 3.05) is 13.2 Å². The van der Waals surface area contributed by atoms with E-state index in [1.165, 1.54) is 6.33 Å². The van der Waals surface area contributed by atoms with Crippen LogP contribution < -0.4 is 0 Å². The van der Waals surface area contributed by atoms with E-state index < -0.39 is 31.1 Å². The predicted octanol–water partition coefficient (Wildman–Crippen LogP) is -0.118. The lowest BCUT2D eigenvalue weighted by molar-refractivity contribution is -0.0508. The summed E-state index contributed by atoms with van der Waals surface area (Å²) >= 11 is 0. The van der Waals surface area contributed by atoms with Gasteiger partial charge in [0, 0.05) is 29.5 Å². The van der Waals surface area contributed by atoms with Crippen LogP contribution in [0.15, 0.2) is 12.5 Å². The van der Waals surface area contributed by atoms with Crippen molar-refractivity contribution in [3.63, 3.8) is 0 Å². The zero-order valence-corrected chi connectivity index (χ0v) is 14.5. The Kier molecular flexibility index (Phi) is 5.64. The van der Waals surface area contributed by atoms with Crippen LogP contribution in [0.3, 0.4) is 0 Å². The van der Waals surface area contributed by atoms with Crippen molar-refractivity contribution in [2.24, 2.45) is 0 Å². The minimum absolute atomic E-state index is 0.0831. The van der Waals surface area contributed by atoms with Crippen molar-refractivity contribution in [3.05, 3.63) is 23.8 Å². The van der Waals surface area contributed by atoms with E-state index in [2.05, 4.69) is 9.97 Å². The van der Waals surface area contributed by atoms with E-state index in [9.17, 15) is 15.3 Å². The van der Waals surface area contributed by atoms with Crippen molar-refractivity contribution in [3.8, 4) is 0 Å². The lowest BCUT2D eigenvalue weighted by Gasteiger charge is -2.17. The molecular weight excluding hydrogens is 340 g/mol. The minimum Gasteiger partial charge on any atom is -0.396 e. The van der Waals surface area contributed by atoms with E-state index in [4.69, 9.17) is 15.3 Å². The number of aryl methyl sites for hydroxylation is 1. The first kappa shape index (κ1) is 18.9. The fourth-order valence-electron chi connectivity index (χ4n) is 3.32. The fourth-order valence-corrected chi connectivity index (χ4v) is 3.32. The summed E-state index contributed by atoms with van der Waals surface area (Å²) in [5.74, 6) is 0. The maximum absolute atomic E-state index is 10.3. The predicted molar refractivity (Wildman–Crippen MR) is 93.0 cm³/mol. The second-order valence-corrected chi connectivity index (χ2v) is 6.50. The summed E-state index contributed by atoms with van der Waals surface area (Å²) in [4.78, 5) is 8.47. The zero-order valence-electron chi connectivity index (χ0n) is 14.5. The first-order valence-corrected chi connectivity index (χ1v) is 8.62. The number of hydrogen-bond acceptors (Lipinski definition) is 8. The number of aromatic nitrogens is 3. The van der Waals surface area contributed by atoms with Crippen LogP contribution in [-0.4, -0.2) is 72.2 Å². The summed E-state index contributed by atoms with van der Waals surface area (Å²) in [7, 11) is 0. The first-order chi connectivity index (χ1) is 12.5. The zero-order chi connectivity index (χ0) is 18.8. The molecule has 1 fully saturated rings. The smallest absolute Gasteiger partial charge is 0.164 e. The highest BCUT2D eigenvalue weighted by Crippen LogP contribution is 2.34. The van der Waals surface area contributed by atoms with Gasteiger partial charge in [-0.05, 0) is 26.2 Å². The third kappa shape index (κ3) is 3.24. The van der Waals surface area contributed by atoms with Gasteiger partial charge in [0.15, 0.2) is 6.23 Å². The van der Waals surface area contributed by atoms with Gasteiger partial charge in [0.2, 0.25) is 0 Å². The van der Waals surface area contributed by atoms with Gasteiger partial charge in [-0.25, -0.2) is 9.97 Å². The summed E-state index contributed by atoms with van der Waals surface area (Å²) < 4.78 is 7.20. The molecule has 5 N–H and O–H groups in total. The Labute approximate surface area is 150 Å². The minimum atomic E-state index is -1.23. The van der Waals surface area contributed by atoms with Gasteiger partial charge in [-0.15, -0.1) is 0 Å². The van der Waals surface area contributed by atoms with E-state index in [1.54, 1.807) is 10.8 Å². The molecule has 0 aromatic carbocycles.